The second kappa shape index (κ2) is 5.50. The van der Waals surface area contributed by atoms with E-state index in [1.807, 2.05) is 0 Å². The van der Waals surface area contributed by atoms with Crippen LogP contribution in [-0.2, 0) is 4.74 Å². The van der Waals surface area contributed by atoms with E-state index in [1.54, 1.807) is 0 Å². The van der Waals surface area contributed by atoms with E-state index in [1.165, 1.54) is 0 Å². The fourth-order valence-electron chi connectivity index (χ4n) is 1.83. The average molecular weight is 287 g/mol. The fraction of sp³-hybridized carbons (Fsp3) is 0.556. The highest BCUT2D eigenvalue weighted by Crippen LogP contribution is 2.29. The Morgan fingerprint density at radius 3 is 2.70 bits per heavy atom. The molecule has 4 atom stereocenters. The molecule has 1 unspecified atom stereocenters. The maximum Gasteiger partial charge on any atom is 0.353 e. The molecule has 6 N–H and O–H groups in total. The molecule has 1 aliphatic heterocycles. The van der Waals surface area contributed by atoms with Crippen LogP contribution < -0.4 is 11.1 Å². The van der Waals surface area contributed by atoms with Crippen molar-refractivity contribution in [3.05, 3.63) is 16.4 Å². The van der Waals surface area contributed by atoms with E-state index >= 15 is 0 Å². The van der Waals surface area contributed by atoms with Gasteiger partial charge in [0.05, 0.1) is 11.5 Å². The Bertz CT molecular complexity index is 514. The molecule has 2 heterocycles. The van der Waals surface area contributed by atoms with Gasteiger partial charge in [-0.25, -0.2) is 9.97 Å². The van der Waals surface area contributed by atoms with Crippen LogP contribution in [0.3, 0.4) is 0 Å². The van der Waals surface area contributed by atoms with Gasteiger partial charge in [-0.1, -0.05) is 0 Å². The highest BCUT2D eigenvalue weighted by Gasteiger charge is 2.43. The second-order valence-electron chi connectivity index (χ2n) is 4.12. The molecular formula is C9H13N5O6. The van der Waals surface area contributed by atoms with E-state index in [0.717, 1.165) is 6.33 Å². The van der Waals surface area contributed by atoms with Crippen molar-refractivity contribution in [3.8, 4) is 0 Å². The van der Waals surface area contributed by atoms with Crippen molar-refractivity contribution in [3.63, 3.8) is 0 Å². The van der Waals surface area contributed by atoms with Crippen LogP contribution in [0.5, 0.6) is 0 Å². The SMILES string of the molecule is Nc1ncnc(NC2O[C@@H](CO)[C@H](O)[C@@H]2O)c1[N+](=O)[O-]. The van der Waals surface area contributed by atoms with Gasteiger partial charge in [-0.05, 0) is 0 Å². The van der Waals surface area contributed by atoms with Crippen molar-refractivity contribution < 1.29 is 25.0 Å². The zero-order valence-corrected chi connectivity index (χ0v) is 10.1. The van der Waals surface area contributed by atoms with Crippen molar-refractivity contribution in [1.82, 2.24) is 9.97 Å². The molecule has 0 radical (unpaired) electrons. The number of nitrogens with zero attached hydrogens (tertiary/aromatic N) is 3. The van der Waals surface area contributed by atoms with Crippen molar-refractivity contribution in [2.45, 2.75) is 24.5 Å². The molecule has 0 aromatic carbocycles. The molecule has 0 aliphatic carbocycles. The van der Waals surface area contributed by atoms with E-state index in [9.17, 15) is 20.3 Å². The number of aliphatic hydroxyl groups is 3. The Morgan fingerprint density at radius 1 is 1.45 bits per heavy atom. The van der Waals surface area contributed by atoms with Crippen LogP contribution in [0, 0.1) is 10.1 Å². The lowest BCUT2D eigenvalue weighted by Crippen LogP contribution is -2.36. The van der Waals surface area contributed by atoms with Crippen LogP contribution in [0.2, 0.25) is 0 Å². The molecule has 11 heteroatoms. The summed E-state index contributed by atoms with van der Waals surface area (Å²) in [6.45, 7) is -0.510. The summed E-state index contributed by atoms with van der Waals surface area (Å²) >= 11 is 0. The van der Waals surface area contributed by atoms with E-state index in [-0.39, 0.29) is 11.6 Å². The average Bonchev–Trinajstić information content (AvgIpc) is 2.66. The monoisotopic (exact) mass is 287 g/mol. The van der Waals surface area contributed by atoms with Gasteiger partial charge in [0.25, 0.3) is 0 Å². The molecule has 11 nitrogen and oxygen atoms in total. The number of aromatic nitrogens is 2. The summed E-state index contributed by atoms with van der Waals surface area (Å²) in [4.78, 5) is 17.3. The lowest BCUT2D eigenvalue weighted by atomic mass is 10.1. The Balaban J connectivity index is 2.23. The standard InChI is InChI=1S/C9H13N5O6/c10-7-4(14(18)19)8(12-2-11-7)13-9-6(17)5(16)3(1-15)20-9/h2-3,5-6,9,15-17H,1H2,(H3,10,11,12,13)/t3-,5-,6-,9?/m0/s1. The topological polar surface area (TPSA) is 177 Å². The van der Waals surface area contributed by atoms with Crippen LogP contribution in [0.1, 0.15) is 0 Å². The molecule has 0 spiro atoms. The maximum atomic E-state index is 10.9. The van der Waals surface area contributed by atoms with Crippen molar-refractivity contribution in [2.75, 3.05) is 17.7 Å². The minimum Gasteiger partial charge on any atom is -0.394 e. The number of nitro groups is 1. The summed E-state index contributed by atoms with van der Waals surface area (Å²) < 4.78 is 5.13. The normalized spacial score (nSPS) is 29.4. The van der Waals surface area contributed by atoms with Gasteiger partial charge in [-0.2, -0.15) is 0 Å². The van der Waals surface area contributed by atoms with E-state index in [2.05, 4.69) is 15.3 Å². The van der Waals surface area contributed by atoms with Gasteiger partial charge in [-0.3, -0.25) is 10.1 Å². The van der Waals surface area contributed by atoms with Crippen molar-refractivity contribution in [2.24, 2.45) is 0 Å². The van der Waals surface area contributed by atoms with Gasteiger partial charge in [-0.15, -0.1) is 0 Å². The van der Waals surface area contributed by atoms with Crippen LogP contribution >= 0.6 is 0 Å². The third kappa shape index (κ3) is 2.46. The smallest absolute Gasteiger partial charge is 0.353 e. The summed E-state index contributed by atoms with van der Waals surface area (Å²) in [6.07, 6.45) is -3.87. The van der Waals surface area contributed by atoms with Crippen molar-refractivity contribution >= 4 is 17.3 Å². The highest BCUT2D eigenvalue weighted by molar-refractivity contribution is 5.67. The minimum absolute atomic E-state index is 0.252. The molecule has 110 valence electrons. The molecular weight excluding hydrogens is 274 g/mol. The van der Waals surface area contributed by atoms with Crippen LogP contribution in [0.15, 0.2) is 6.33 Å². The molecule has 1 aromatic heterocycles. The Kier molecular flexibility index (Phi) is 3.94. The summed E-state index contributed by atoms with van der Waals surface area (Å²) in [5.41, 5.74) is 4.82. The second-order valence-corrected chi connectivity index (χ2v) is 4.12. The lowest BCUT2D eigenvalue weighted by Gasteiger charge is -2.16. The third-order valence-electron chi connectivity index (χ3n) is 2.85. The number of rotatable bonds is 4. The van der Waals surface area contributed by atoms with Gasteiger partial charge in [0.2, 0.25) is 11.6 Å². The predicted octanol–water partition coefficient (Wildman–Crippen LogP) is -2.18. The van der Waals surface area contributed by atoms with Gasteiger partial charge >= 0.3 is 5.69 Å². The van der Waals surface area contributed by atoms with E-state index in [4.69, 9.17) is 15.6 Å². The Hall–Kier alpha value is -2.08. The minimum atomic E-state index is -1.39. The quantitative estimate of drug-likeness (QED) is 0.302. The highest BCUT2D eigenvalue weighted by atomic mass is 16.6. The van der Waals surface area contributed by atoms with Crippen LogP contribution in [0.4, 0.5) is 17.3 Å². The third-order valence-corrected chi connectivity index (χ3v) is 2.85. The number of hydrogen-bond acceptors (Lipinski definition) is 10. The molecule has 1 aliphatic rings. The molecule has 0 amide bonds. The summed E-state index contributed by atoms with van der Waals surface area (Å²) in [6, 6.07) is 0. The van der Waals surface area contributed by atoms with Crippen LogP contribution in [-0.4, -0.2) is 61.4 Å². The van der Waals surface area contributed by atoms with Crippen molar-refractivity contribution in [1.29, 1.82) is 0 Å². The maximum absolute atomic E-state index is 10.9. The number of aliphatic hydroxyl groups excluding tert-OH is 3. The molecule has 2 rings (SSSR count). The largest absolute Gasteiger partial charge is 0.394 e. The molecule has 0 bridgehead atoms. The number of hydrogen-bond donors (Lipinski definition) is 5. The molecule has 1 aromatic rings. The Morgan fingerprint density at radius 2 is 2.15 bits per heavy atom. The number of ether oxygens (including phenoxy) is 1. The number of nitrogens with two attached hydrogens (primary N) is 1. The van der Waals surface area contributed by atoms with E-state index in [0.29, 0.717) is 0 Å². The molecule has 20 heavy (non-hydrogen) atoms. The van der Waals surface area contributed by atoms with Gasteiger partial charge in [0.15, 0.2) is 6.23 Å². The van der Waals surface area contributed by atoms with E-state index < -0.39 is 41.8 Å². The first-order valence-corrected chi connectivity index (χ1v) is 5.59. The zero-order valence-electron chi connectivity index (χ0n) is 10.1. The molecule has 1 fully saturated rings. The van der Waals surface area contributed by atoms with Gasteiger partial charge < -0.3 is 31.1 Å². The first-order chi connectivity index (χ1) is 9.45. The molecule has 0 saturated carbocycles. The Labute approximate surface area is 112 Å². The number of nitrogens with one attached hydrogen (secondary N) is 1. The van der Waals surface area contributed by atoms with Gasteiger partial charge in [0, 0.05) is 0 Å². The lowest BCUT2D eigenvalue weighted by molar-refractivity contribution is -0.383. The first kappa shape index (κ1) is 14.3. The molecule has 1 saturated heterocycles. The fourth-order valence-corrected chi connectivity index (χ4v) is 1.83. The summed E-state index contributed by atoms with van der Waals surface area (Å²) in [7, 11) is 0. The predicted molar refractivity (Wildman–Crippen MR) is 64.5 cm³/mol. The summed E-state index contributed by atoms with van der Waals surface area (Å²) in [5.74, 6) is -0.600. The van der Waals surface area contributed by atoms with Crippen LogP contribution in [0.25, 0.3) is 0 Å². The first-order valence-electron chi connectivity index (χ1n) is 5.59. The van der Waals surface area contributed by atoms with Gasteiger partial charge in [0.1, 0.15) is 24.6 Å². The number of nitrogen functional groups attached to an aromatic ring is 1. The summed E-state index contributed by atoms with van der Waals surface area (Å²) in [5, 5.41) is 41.6. The number of anilines is 2. The zero-order chi connectivity index (χ0) is 14.9.